The van der Waals surface area contributed by atoms with Gasteiger partial charge in [0.05, 0.1) is 13.2 Å². The number of nitrogens with zero attached hydrogens (tertiary/aromatic N) is 2. The lowest BCUT2D eigenvalue weighted by molar-refractivity contribution is -0.129. The van der Waals surface area contributed by atoms with Gasteiger partial charge < -0.3 is 19.8 Å². The predicted molar refractivity (Wildman–Crippen MR) is 112 cm³/mol. The van der Waals surface area contributed by atoms with Crippen LogP contribution < -0.4 is 4.74 Å². The number of fused-ring (bicyclic) bond motifs is 1. The Balaban J connectivity index is 2.60. The minimum absolute atomic E-state index is 0.0206. The van der Waals surface area contributed by atoms with Crippen molar-refractivity contribution in [3.05, 3.63) is 23.8 Å². The summed E-state index contributed by atoms with van der Waals surface area (Å²) in [4.78, 5) is 13.2. The summed E-state index contributed by atoms with van der Waals surface area (Å²) in [6.07, 6.45) is -1.30. The van der Waals surface area contributed by atoms with Gasteiger partial charge in [-0.3, -0.25) is 4.79 Å². The zero-order valence-electron chi connectivity index (χ0n) is 18.0. The van der Waals surface area contributed by atoms with Crippen molar-refractivity contribution in [2.24, 2.45) is 5.92 Å². The van der Waals surface area contributed by atoms with Crippen molar-refractivity contribution < 1.29 is 28.2 Å². The molecule has 1 heterocycles. The van der Waals surface area contributed by atoms with Crippen LogP contribution in [-0.2, 0) is 14.8 Å². The van der Waals surface area contributed by atoms with Crippen molar-refractivity contribution in [3.8, 4) is 17.6 Å². The van der Waals surface area contributed by atoms with E-state index in [9.17, 15) is 23.4 Å². The molecule has 0 bridgehead atoms. The molecule has 2 rings (SSSR count). The number of amides is 1. The minimum atomic E-state index is -3.93. The smallest absolute Gasteiger partial charge is 0.247 e. The van der Waals surface area contributed by atoms with E-state index in [4.69, 9.17) is 4.74 Å². The van der Waals surface area contributed by atoms with Crippen LogP contribution in [0.4, 0.5) is 0 Å². The largest absolute Gasteiger partial charge is 0.487 e. The number of aliphatic hydroxyl groups is 2. The Morgan fingerprint density at radius 3 is 2.63 bits per heavy atom. The number of benzene rings is 1. The van der Waals surface area contributed by atoms with Crippen molar-refractivity contribution in [1.82, 2.24) is 9.21 Å². The first-order valence-corrected chi connectivity index (χ1v) is 11.3. The fraction of sp³-hybridized carbons (Fsp3) is 0.571. The van der Waals surface area contributed by atoms with Gasteiger partial charge in [-0.2, -0.15) is 4.31 Å². The highest BCUT2D eigenvalue weighted by molar-refractivity contribution is 7.89. The third-order valence-electron chi connectivity index (χ3n) is 5.08. The Morgan fingerprint density at radius 1 is 1.40 bits per heavy atom. The van der Waals surface area contributed by atoms with Gasteiger partial charge in [-0.15, -0.1) is 0 Å². The maximum absolute atomic E-state index is 13.3. The quantitative estimate of drug-likeness (QED) is 0.669. The fourth-order valence-electron chi connectivity index (χ4n) is 3.11. The summed E-state index contributed by atoms with van der Waals surface area (Å²) >= 11 is 0. The second-order valence-electron chi connectivity index (χ2n) is 7.75. The van der Waals surface area contributed by atoms with Gasteiger partial charge in [0, 0.05) is 38.0 Å². The molecule has 0 fully saturated rings. The van der Waals surface area contributed by atoms with Crippen LogP contribution in [0.3, 0.4) is 0 Å². The van der Waals surface area contributed by atoms with Gasteiger partial charge in [-0.05, 0) is 32.0 Å². The van der Waals surface area contributed by atoms with Crippen molar-refractivity contribution in [3.63, 3.8) is 0 Å². The van der Waals surface area contributed by atoms with Crippen molar-refractivity contribution in [1.29, 1.82) is 0 Å². The highest BCUT2D eigenvalue weighted by Gasteiger charge is 2.38. The molecule has 0 aromatic heterocycles. The van der Waals surface area contributed by atoms with E-state index in [1.54, 1.807) is 20.0 Å². The third-order valence-corrected chi connectivity index (χ3v) is 7.10. The first-order valence-electron chi connectivity index (χ1n) is 9.82. The normalized spacial score (nSPS) is 22.9. The Labute approximate surface area is 178 Å². The molecule has 1 aromatic rings. The summed E-state index contributed by atoms with van der Waals surface area (Å²) in [5, 5.41) is 19.0. The average Bonchev–Trinajstić information content (AvgIpc) is 2.68. The van der Waals surface area contributed by atoms with Crippen LogP contribution >= 0.6 is 0 Å². The van der Waals surface area contributed by atoms with Crippen molar-refractivity contribution >= 4 is 15.9 Å². The molecule has 0 unspecified atom stereocenters. The molecular formula is C21H30N2O6S. The Morgan fingerprint density at radius 2 is 2.07 bits per heavy atom. The Bertz CT molecular complexity index is 935. The van der Waals surface area contributed by atoms with Crippen molar-refractivity contribution in [2.45, 2.75) is 50.8 Å². The van der Waals surface area contributed by atoms with Gasteiger partial charge in [-0.25, -0.2) is 8.42 Å². The summed E-state index contributed by atoms with van der Waals surface area (Å²) in [6, 6.07) is 3.89. The van der Waals surface area contributed by atoms with E-state index < -0.39 is 28.3 Å². The second kappa shape index (κ2) is 9.79. The molecule has 166 valence electrons. The van der Waals surface area contributed by atoms with E-state index in [2.05, 4.69) is 11.8 Å². The van der Waals surface area contributed by atoms with Crippen molar-refractivity contribution in [2.75, 3.05) is 26.7 Å². The molecule has 1 amide bonds. The lowest BCUT2D eigenvalue weighted by Gasteiger charge is -2.37. The number of hydrogen-bond donors (Lipinski definition) is 2. The van der Waals surface area contributed by atoms with Gasteiger partial charge >= 0.3 is 0 Å². The van der Waals surface area contributed by atoms with Gasteiger partial charge in [0.1, 0.15) is 22.9 Å². The van der Waals surface area contributed by atoms with Gasteiger partial charge in [0.2, 0.25) is 15.9 Å². The molecule has 0 saturated carbocycles. The summed E-state index contributed by atoms with van der Waals surface area (Å²) in [5.74, 6) is 5.17. The monoisotopic (exact) mass is 438 g/mol. The van der Waals surface area contributed by atoms with E-state index in [1.165, 1.54) is 35.2 Å². The van der Waals surface area contributed by atoms with Crippen LogP contribution in [0.2, 0.25) is 0 Å². The minimum Gasteiger partial charge on any atom is -0.487 e. The molecule has 0 radical (unpaired) electrons. The number of carbonyl (C=O) groups is 1. The number of likely N-dealkylation sites (N-methyl/N-ethyl adjacent to an activating group) is 1. The van der Waals surface area contributed by atoms with Crippen LogP contribution in [0, 0.1) is 17.8 Å². The predicted octanol–water partition coefficient (Wildman–Crippen LogP) is 0.666. The maximum atomic E-state index is 13.3. The molecule has 30 heavy (non-hydrogen) atoms. The summed E-state index contributed by atoms with van der Waals surface area (Å²) in [7, 11) is -2.27. The standard InChI is InChI=1S/C21H30N2O6S/c1-14-11-23(15(2)13-24)30(27,28)21-9-8-18(7-6-16(3)25)10-19(21)29-20(14)12-22(5)17(4)26/h8-10,14-16,20,24-25H,11-13H2,1-5H3/t14-,15+,16+,20+/m0/s1. The van der Waals surface area contributed by atoms with E-state index in [0.29, 0.717) is 5.56 Å². The number of rotatable bonds is 4. The fourth-order valence-corrected chi connectivity index (χ4v) is 4.93. The van der Waals surface area contributed by atoms with Crippen LogP contribution in [0.25, 0.3) is 0 Å². The van der Waals surface area contributed by atoms with Gasteiger partial charge in [0.15, 0.2) is 0 Å². The first-order chi connectivity index (χ1) is 14.0. The molecule has 2 N–H and O–H groups in total. The number of sulfonamides is 1. The SMILES string of the molecule is CC(=O)N(C)C[C@H]1Oc2cc(C#C[C@@H](C)O)ccc2S(=O)(=O)N([C@H](C)CO)C[C@@H]1C. The third kappa shape index (κ3) is 5.52. The van der Waals surface area contributed by atoms with E-state index in [-0.39, 0.29) is 42.2 Å². The van der Waals surface area contributed by atoms with Crippen LogP contribution in [0.5, 0.6) is 5.75 Å². The average molecular weight is 439 g/mol. The van der Waals surface area contributed by atoms with Gasteiger partial charge in [-0.1, -0.05) is 18.8 Å². The molecule has 1 aromatic carbocycles. The Hall–Kier alpha value is -2.12. The van der Waals surface area contributed by atoms with Crippen LogP contribution in [0.15, 0.2) is 23.1 Å². The lowest BCUT2D eigenvalue weighted by Crippen LogP contribution is -2.50. The zero-order chi connectivity index (χ0) is 22.6. The molecule has 9 heteroatoms. The Kier molecular flexibility index (Phi) is 7.88. The number of carbonyl (C=O) groups excluding carboxylic acids is 1. The highest BCUT2D eigenvalue weighted by Crippen LogP contribution is 2.34. The van der Waals surface area contributed by atoms with E-state index in [1.807, 2.05) is 6.92 Å². The van der Waals surface area contributed by atoms with Gasteiger partial charge in [0.25, 0.3) is 0 Å². The molecule has 0 saturated heterocycles. The van der Waals surface area contributed by atoms with Crippen LogP contribution in [-0.4, -0.2) is 78.7 Å². The number of ether oxygens (including phenoxy) is 1. The lowest BCUT2D eigenvalue weighted by atomic mass is 10.0. The summed E-state index contributed by atoms with van der Waals surface area (Å²) < 4.78 is 34.1. The first kappa shape index (κ1) is 24.2. The topological polar surface area (TPSA) is 107 Å². The summed E-state index contributed by atoms with van der Waals surface area (Å²) in [6.45, 7) is 6.59. The number of aliphatic hydroxyl groups excluding tert-OH is 2. The van der Waals surface area contributed by atoms with E-state index >= 15 is 0 Å². The molecular weight excluding hydrogens is 408 g/mol. The van der Waals surface area contributed by atoms with E-state index in [0.717, 1.165) is 0 Å². The summed E-state index contributed by atoms with van der Waals surface area (Å²) in [5.41, 5.74) is 0.499. The molecule has 1 aliphatic rings. The number of hydrogen-bond acceptors (Lipinski definition) is 6. The molecule has 4 atom stereocenters. The van der Waals surface area contributed by atoms with Crippen LogP contribution in [0.1, 0.15) is 33.3 Å². The molecule has 0 aliphatic carbocycles. The highest BCUT2D eigenvalue weighted by atomic mass is 32.2. The molecule has 8 nitrogen and oxygen atoms in total. The second-order valence-corrected chi connectivity index (χ2v) is 9.61. The zero-order valence-corrected chi connectivity index (χ0v) is 18.8. The maximum Gasteiger partial charge on any atom is 0.247 e. The molecule has 0 spiro atoms. The molecule has 1 aliphatic heterocycles.